The number of hydrogen-bond acceptors (Lipinski definition) is 2. The molecular formula is C9H17NO. The van der Waals surface area contributed by atoms with Gasteiger partial charge in [-0.3, -0.25) is 0 Å². The molecule has 0 fully saturated rings. The Balaban J connectivity index is 3.96. The van der Waals surface area contributed by atoms with Crippen LogP contribution in [0.25, 0.3) is 0 Å². The van der Waals surface area contributed by atoms with Crippen LogP contribution < -0.4 is 0 Å². The van der Waals surface area contributed by atoms with Crippen molar-refractivity contribution in [2.45, 2.75) is 33.6 Å². The van der Waals surface area contributed by atoms with Gasteiger partial charge in [0.1, 0.15) is 7.11 Å². The van der Waals surface area contributed by atoms with Crippen LogP contribution in [0.5, 0.6) is 0 Å². The third-order valence-corrected chi connectivity index (χ3v) is 1.33. The van der Waals surface area contributed by atoms with Gasteiger partial charge in [0.2, 0.25) is 0 Å². The molecule has 64 valence electrons. The summed E-state index contributed by atoms with van der Waals surface area (Å²) in [4.78, 5) is 4.63. The Morgan fingerprint density at radius 1 is 1.45 bits per heavy atom. The van der Waals surface area contributed by atoms with Gasteiger partial charge >= 0.3 is 0 Å². The van der Waals surface area contributed by atoms with Crippen molar-refractivity contribution in [1.29, 1.82) is 0 Å². The Morgan fingerprint density at radius 2 is 2.09 bits per heavy atom. The topological polar surface area (TPSA) is 21.6 Å². The largest absolute Gasteiger partial charge is 0.399 e. The molecule has 0 amide bonds. The van der Waals surface area contributed by atoms with Crippen molar-refractivity contribution in [3.63, 3.8) is 0 Å². The maximum absolute atomic E-state index is 4.63. The molecule has 11 heavy (non-hydrogen) atoms. The first-order valence-corrected chi connectivity index (χ1v) is 3.95. The van der Waals surface area contributed by atoms with Crippen LogP contribution >= 0.6 is 0 Å². The Morgan fingerprint density at radius 3 is 2.55 bits per heavy atom. The van der Waals surface area contributed by atoms with E-state index in [4.69, 9.17) is 0 Å². The molecule has 0 aromatic rings. The third kappa shape index (κ3) is 5.64. The van der Waals surface area contributed by atoms with Gasteiger partial charge in [0.05, 0.1) is 5.71 Å². The van der Waals surface area contributed by atoms with Crippen LogP contribution in [0, 0.1) is 0 Å². The molecule has 0 aromatic carbocycles. The van der Waals surface area contributed by atoms with Crippen molar-refractivity contribution in [1.82, 2.24) is 0 Å². The highest BCUT2D eigenvalue weighted by atomic mass is 16.6. The van der Waals surface area contributed by atoms with Gasteiger partial charge in [-0.15, -0.1) is 0 Å². The average molecular weight is 155 g/mol. The molecule has 0 aliphatic carbocycles. The third-order valence-electron chi connectivity index (χ3n) is 1.33. The Bertz CT molecular complexity index is 159. The van der Waals surface area contributed by atoms with E-state index in [1.807, 2.05) is 13.0 Å². The zero-order valence-corrected chi connectivity index (χ0v) is 7.85. The Labute approximate surface area is 68.9 Å². The van der Waals surface area contributed by atoms with Crippen LogP contribution in [0.2, 0.25) is 0 Å². The van der Waals surface area contributed by atoms with E-state index in [9.17, 15) is 0 Å². The normalized spacial score (nSPS) is 13.5. The van der Waals surface area contributed by atoms with E-state index in [2.05, 4.69) is 23.8 Å². The maximum Gasteiger partial charge on any atom is 0.106 e. The van der Waals surface area contributed by atoms with Crippen molar-refractivity contribution in [3.05, 3.63) is 11.6 Å². The molecule has 0 aliphatic rings. The molecule has 0 aliphatic heterocycles. The van der Waals surface area contributed by atoms with Gasteiger partial charge in [0.15, 0.2) is 0 Å². The van der Waals surface area contributed by atoms with Crippen LogP contribution in [0.3, 0.4) is 0 Å². The first kappa shape index (κ1) is 10.2. The molecule has 0 saturated carbocycles. The number of nitrogens with zero attached hydrogens (tertiary/aromatic N) is 1. The van der Waals surface area contributed by atoms with Gasteiger partial charge in [0, 0.05) is 0 Å². The second kappa shape index (κ2) is 5.96. The molecule has 0 spiro atoms. The van der Waals surface area contributed by atoms with Gasteiger partial charge < -0.3 is 4.84 Å². The first-order chi connectivity index (χ1) is 5.20. The highest BCUT2D eigenvalue weighted by Gasteiger charge is 1.89. The summed E-state index contributed by atoms with van der Waals surface area (Å²) in [5, 5.41) is 3.79. The predicted octanol–water partition coefficient (Wildman–Crippen LogP) is 2.76. The lowest BCUT2D eigenvalue weighted by Crippen LogP contribution is -1.88. The SMILES string of the molecule is CCC/C(C)=C/C(C)=N\OC. The van der Waals surface area contributed by atoms with E-state index >= 15 is 0 Å². The van der Waals surface area contributed by atoms with Gasteiger partial charge in [0.25, 0.3) is 0 Å². The summed E-state index contributed by atoms with van der Waals surface area (Å²) in [5.74, 6) is 0. The fourth-order valence-electron chi connectivity index (χ4n) is 0.993. The smallest absolute Gasteiger partial charge is 0.106 e. The summed E-state index contributed by atoms with van der Waals surface area (Å²) in [6, 6.07) is 0. The van der Waals surface area contributed by atoms with E-state index in [0.717, 1.165) is 12.1 Å². The average Bonchev–Trinajstić information content (AvgIpc) is 1.87. The van der Waals surface area contributed by atoms with E-state index < -0.39 is 0 Å². The highest BCUT2D eigenvalue weighted by molar-refractivity contribution is 5.92. The molecular weight excluding hydrogens is 138 g/mol. The van der Waals surface area contributed by atoms with Crippen LogP contribution in [0.1, 0.15) is 33.6 Å². The van der Waals surface area contributed by atoms with Crippen LogP contribution in [-0.4, -0.2) is 12.8 Å². The molecule has 0 saturated heterocycles. The van der Waals surface area contributed by atoms with E-state index in [1.165, 1.54) is 12.0 Å². The van der Waals surface area contributed by atoms with Crippen molar-refractivity contribution < 1.29 is 4.84 Å². The molecule has 0 aromatic heterocycles. The van der Waals surface area contributed by atoms with Gasteiger partial charge in [-0.25, -0.2) is 0 Å². The minimum Gasteiger partial charge on any atom is -0.399 e. The van der Waals surface area contributed by atoms with Gasteiger partial charge in [-0.1, -0.05) is 24.1 Å². The van der Waals surface area contributed by atoms with Crippen LogP contribution in [-0.2, 0) is 4.84 Å². The zero-order chi connectivity index (χ0) is 8.69. The zero-order valence-electron chi connectivity index (χ0n) is 7.85. The lowest BCUT2D eigenvalue weighted by molar-refractivity contribution is 0.213. The van der Waals surface area contributed by atoms with E-state index in [0.29, 0.717) is 0 Å². The number of allylic oxidation sites excluding steroid dienone is 2. The maximum atomic E-state index is 4.63. The number of rotatable bonds is 4. The minimum atomic E-state index is 0.929. The van der Waals surface area contributed by atoms with Crippen molar-refractivity contribution >= 4 is 5.71 Å². The Kier molecular flexibility index (Phi) is 5.53. The molecule has 0 N–H and O–H groups in total. The second-order valence-electron chi connectivity index (χ2n) is 2.66. The summed E-state index contributed by atoms with van der Waals surface area (Å²) in [6.45, 7) is 6.21. The van der Waals surface area contributed by atoms with Crippen LogP contribution in [0.15, 0.2) is 16.8 Å². The summed E-state index contributed by atoms with van der Waals surface area (Å²) in [6.07, 6.45) is 4.37. The second-order valence-corrected chi connectivity index (χ2v) is 2.66. The van der Waals surface area contributed by atoms with Crippen molar-refractivity contribution in [2.24, 2.45) is 5.16 Å². The Hall–Kier alpha value is -0.790. The summed E-state index contributed by atoms with van der Waals surface area (Å²) in [5.41, 5.74) is 2.28. The van der Waals surface area contributed by atoms with Crippen molar-refractivity contribution in [3.8, 4) is 0 Å². The number of oxime groups is 1. The van der Waals surface area contributed by atoms with Gasteiger partial charge in [-0.05, 0) is 26.3 Å². The lowest BCUT2D eigenvalue weighted by atomic mass is 10.1. The molecule has 0 unspecified atom stereocenters. The quantitative estimate of drug-likeness (QED) is 0.452. The molecule has 0 rings (SSSR count). The molecule has 0 bridgehead atoms. The highest BCUT2D eigenvalue weighted by Crippen LogP contribution is 2.02. The fourth-order valence-corrected chi connectivity index (χ4v) is 0.993. The lowest BCUT2D eigenvalue weighted by Gasteiger charge is -1.96. The molecule has 0 atom stereocenters. The molecule has 2 heteroatoms. The van der Waals surface area contributed by atoms with Gasteiger partial charge in [-0.2, -0.15) is 0 Å². The molecule has 0 heterocycles. The fraction of sp³-hybridized carbons (Fsp3) is 0.667. The summed E-state index contributed by atoms with van der Waals surface area (Å²) in [7, 11) is 1.56. The van der Waals surface area contributed by atoms with E-state index in [-0.39, 0.29) is 0 Å². The van der Waals surface area contributed by atoms with Crippen molar-refractivity contribution in [2.75, 3.05) is 7.11 Å². The van der Waals surface area contributed by atoms with Crippen LogP contribution in [0.4, 0.5) is 0 Å². The molecule has 0 radical (unpaired) electrons. The standard InChI is InChI=1S/C9H17NO/c1-5-6-8(2)7-9(3)10-11-4/h7H,5-6H2,1-4H3/b8-7+,10-9-. The first-order valence-electron chi connectivity index (χ1n) is 3.95. The monoisotopic (exact) mass is 155 g/mol. The summed E-state index contributed by atoms with van der Waals surface area (Å²) >= 11 is 0. The van der Waals surface area contributed by atoms with E-state index in [1.54, 1.807) is 7.11 Å². The molecule has 2 nitrogen and oxygen atoms in total. The summed E-state index contributed by atoms with van der Waals surface area (Å²) < 4.78 is 0. The number of hydrogen-bond donors (Lipinski definition) is 0. The predicted molar refractivity (Wildman–Crippen MR) is 48.8 cm³/mol. The minimum absolute atomic E-state index is 0.929.